The number of hydrogen-bond acceptors (Lipinski definition) is 4. The highest BCUT2D eigenvalue weighted by molar-refractivity contribution is 5.17. The molecule has 0 aliphatic heterocycles. The molecule has 4 nitrogen and oxygen atoms in total. The summed E-state index contributed by atoms with van der Waals surface area (Å²) in [7, 11) is 2.09. The Hall–Kier alpha value is -1.65. The van der Waals surface area contributed by atoms with Crippen molar-refractivity contribution in [2.75, 3.05) is 7.05 Å². The maximum absolute atomic E-state index is 5.62. The van der Waals surface area contributed by atoms with Gasteiger partial charge in [0.15, 0.2) is 0 Å². The Balaban J connectivity index is 1.55. The second kappa shape index (κ2) is 6.20. The highest BCUT2D eigenvalue weighted by atomic mass is 16.3. The van der Waals surface area contributed by atoms with E-state index in [4.69, 9.17) is 4.42 Å². The zero-order chi connectivity index (χ0) is 13.8. The first-order chi connectivity index (χ1) is 9.81. The van der Waals surface area contributed by atoms with Gasteiger partial charge in [0.2, 0.25) is 0 Å². The number of furan rings is 1. The Morgan fingerprint density at radius 1 is 1.30 bits per heavy atom. The highest BCUT2D eigenvalue weighted by Gasteiger charge is 2.21. The number of nitrogens with zero attached hydrogens (tertiary/aromatic N) is 2. The first-order valence-electron chi connectivity index (χ1n) is 7.18. The van der Waals surface area contributed by atoms with Crippen LogP contribution in [0.25, 0.3) is 0 Å². The summed E-state index contributed by atoms with van der Waals surface area (Å²) in [6.45, 7) is 2.55. The van der Waals surface area contributed by atoms with Crippen LogP contribution in [0, 0.1) is 0 Å². The van der Waals surface area contributed by atoms with Gasteiger partial charge in [0.1, 0.15) is 5.76 Å². The van der Waals surface area contributed by atoms with Crippen molar-refractivity contribution in [1.82, 2.24) is 15.2 Å². The van der Waals surface area contributed by atoms with E-state index in [9.17, 15) is 0 Å². The molecule has 0 saturated heterocycles. The lowest BCUT2D eigenvalue weighted by atomic mass is 10.2. The van der Waals surface area contributed by atoms with Crippen molar-refractivity contribution in [2.45, 2.75) is 38.5 Å². The molecular weight excluding hydrogens is 250 g/mol. The van der Waals surface area contributed by atoms with E-state index in [0.29, 0.717) is 0 Å². The van der Waals surface area contributed by atoms with Gasteiger partial charge in [-0.1, -0.05) is 6.07 Å². The van der Waals surface area contributed by atoms with Gasteiger partial charge < -0.3 is 9.73 Å². The molecule has 2 aromatic heterocycles. The van der Waals surface area contributed by atoms with Gasteiger partial charge in [0.05, 0.1) is 18.5 Å². The summed E-state index contributed by atoms with van der Waals surface area (Å²) in [5.41, 5.74) is 2.35. The van der Waals surface area contributed by atoms with Gasteiger partial charge in [0.25, 0.3) is 0 Å². The summed E-state index contributed by atoms with van der Waals surface area (Å²) < 4.78 is 5.62. The zero-order valence-corrected chi connectivity index (χ0v) is 11.9. The number of rotatable bonds is 7. The second-order valence-corrected chi connectivity index (χ2v) is 5.52. The Labute approximate surface area is 119 Å². The minimum Gasteiger partial charge on any atom is -0.468 e. The second-order valence-electron chi connectivity index (χ2n) is 5.52. The molecule has 3 rings (SSSR count). The largest absolute Gasteiger partial charge is 0.468 e. The van der Waals surface area contributed by atoms with E-state index in [1.54, 1.807) is 6.26 Å². The third kappa shape index (κ3) is 3.68. The van der Waals surface area contributed by atoms with Crippen LogP contribution in [0.15, 0.2) is 41.1 Å². The Bertz CT molecular complexity index is 534. The maximum Gasteiger partial charge on any atom is 0.122 e. The van der Waals surface area contributed by atoms with Gasteiger partial charge in [-0.25, -0.2) is 0 Å². The molecule has 0 spiro atoms. The van der Waals surface area contributed by atoms with Crippen LogP contribution in [0.1, 0.15) is 29.9 Å². The molecule has 4 heteroatoms. The summed E-state index contributed by atoms with van der Waals surface area (Å²) in [5.74, 6) is 1.05. The van der Waals surface area contributed by atoms with Gasteiger partial charge in [-0.2, -0.15) is 0 Å². The number of pyridine rings is 1. The van der Waals surface area contributed by atoms with E-state index >= 15 is 0 Å². The highest BCUT2D eigenvalue weighted by Crippen LogP contribution is 2.20. The van der Waals surface area contributed by atoms with E-state index in [1.807, 2.05) is 24.4 Å². The van der Waals surface area contributed by atoms with Gasteiger partial charge >= 0.3 is 0 Å². The molecule has 0 radical (unpaired) electrons. The van der Waals surface area contributed by atoms with Crippen LogP contribution in [0.3, 0.4) is 0 Å². The smallest absolute Gasteiger partial charge is 0.122 e. The van der Waals surface area contributed by atoms with Gasteiger partial charge in [-0.15, -0.1) is 0 Å². The predicted octanol–water partition coefficient (Wildman–Crippen LogP) is 2.56. The Kier molecular flexibility index (Phi) is 4.14. The van der Waals surface area contributed by atoms with Crippen LogP contribution in [-0.4, -0.2) is 23.0 Å². The normalized spacial score (nSPS) is 14.9. The zero-order valence-electron chi connectivity index (χ0n) is 11.9. The third-order valence-corrected chi connectivity index (χ3v) is 3.57. The van der Waals surface area contributed by atoms with Crippen LogP contribution in [0.4, 0.5) is 0 Å². The van der Waals surface area contributed by atoms with E-state index in [1.165, 1.54) is 18.4 Å². The molecule has 0 unspecified atom stereocenters. The maximum atomic E-state index is 5.62. The monoisotopic (exact) mass is 271 g/mol. The fourth-order valence-corrected chi connectivity index (χ4v) is 2.27. The minimum atomic E-state index is 0.726. The lowest BCUT2D eigenvalue weighted by Crippen LogP contribution is -2.20. The molecule has 2 aromatic rings. The van der Waals surface area contributed by atoms with E-state index in [2.05, 4.69) is 28.3 Å². The Morgan fingerprint density at radius 3 is 2.95 bits per heavy atom. The van der Waals surface area contributed by atoms with Crippen molar-refractivity contribution in [1.29, 1.82) is 0 Å². The quantitative estimate of drug-likeness (QED) is 0.840. The topological polar surface area (TPSA) is 41.3 Å². The molecule has 1 fully saturated rings. The summed E-state index contributed by atoms with van der Waals surface area (Å²) in [6, 6.07) is 8.81. The average molecular weight is 271 g/mol. The summed E-state index contributed by atoms with van der Waals surface area (Å²) >= 11 is 0. The van der Waals surface area contributed by atoms with Crippen LogP contribution in [0.5, 0.6) is 0 Å². The van der Waals surface area contributed by atoms with Gasteiger partial charge in [-0.05, 0) is 38.1 Å². The summed E-state index contributed by atoms with van der Waals surface area (Å²) in [6.07, 6.45) is 6.24. The van der Waals surface area contributed by atoms with Crippen molar-refractivity contribution < 1.29 is 4.42 Å². The van der Waals surface area contributed by atoms with Crippen molar-refractivity contribution in [3.05, 3.63) is 53.7 Å². The third-order valence-electron chi connectivity index (χ3n) is 3.57. The number of nitrogens with one attached hydrogen (secondary N) is 1. The molecule has 106 valence electrons. The van der Waals surface area contributed by atoms with Crippen molar-refractivity contribution in [3.63, 3.8) is 0 Å². The molecule has 20 heavy (non-hydrogen) atoms. The predicted molar refractivity (Wildman–Crippen MR) is 78.0 cm³/mol. The lowest BCUT2D eigenvalue weighted by Gasteiger charge is -2.15. The summed E-state index contributed by atoms with van der Waals surface area (Å²) in [5, 5.41) is 3.53. The van der Waals surface area contributed by atoms with Gasteiger partial charge in [0, 0.05) is 30.9 Å². The molecule has 0 atom stereocenters. The van der Waals surface area contributed by atoms with Crippen molar-refractivity contribution in [3.8, 4) is 0 Å². The average Bonchev–Trinajstić information content (AvgIpc) is 3.18. The fraction of sp³-hybridized carbons (Fsp3) is 0.438. The molecule has 0 bridgehead atoms. The van der Waals surface area contributed by atoms with Crippen molar-refractivity contribution in [2.24, 2.45) is 0 Å². The van der Waals surface area contributed by atoms with Crippen LogP contribution >= 0.6 is 0 Å². The van der Waals surface area contributed by atoms with E-state index < -0.39 is 0 Å². The minimum absolute atomic E-state index is 0.726. The molecule has 1 saturated carbocycles. The SMILES string of the molecule is CN(Cc1ccccn1)Cc1occc1CNC1CC1. The van der Waals surface area contributed by atoms with Crippen LogP contribution in [-0.2, 0) is 19.6 Å². The van der Waals surface area contributed by atoms with Crippen molar-refractivity contribution >= 4 is 0 Å². The molecule has 1 N–H and O–H groups in total. The molecule has 0 aromatic carbocycles. The standard InChI is InChI=1S/C16H21N3O/c1-19(11-15-4-2-3-8-17-15)12-16-13(7-9-20-16)10-18-14-5-6-14/h2-4,7-9,14,18H,5-6,10-12H2,1H3. The van der Waals surface area contributed by atoms with Gasteiger partial charge in [-0.3, -0.25) is 9.88 Å². The first kappa shape index (κ1) is 13.3. The summed E-state index contributed by atoms with van der Waals surface area (Å²) in [4.78, 5) is 6.58. The van der Waals surface area contributed by atoms with E-state index in [-0.39, 0.29) is 0 Å². The van der Waals surface area contributed by atoms with Crippen LogP contribution < -0.4 is 5.32 Å². The molecule has 2 heterocycles. The molecule has 1 aliphatic carbocycles. The number of hydrogen-bond donors (Lipinski definition) is 1. The number of aromatic nitrogens is 1. The Morgan fingerprint density at radius 2 is 2.20 bits per heavy atom. The molecule has 0 amide bonds. The fourth-order valence-electron chi connectivity index (χ4n) is 2.27. The van der Waals surface area contributed by atoms with Crippen LogP contribution in [0.2, 0.25) is 0 Å². The lowest BCUT2D eigenvalue weighted by molar-refractivity contribution is 0.283. The molecular formula is C16H21N3O. The van der Waals surface area contributed by atoms with E-state index in [0.717, 1.165) is 37.1 Å². The molecule has 1 aliphatic rings. The first-order valence-corrected chi connectivity index (χ1v) is 7.18.